The topological polar surface area (TPSA) is 71.3 Å². The minimum Gasteiger partial charge on any atom is -0.415 e. The van der Waals surface area contributed by atoms with Crippen molar-refractivity contribution < 1.29 is 22.4 Å². The van der Waals surface area contributed by atoms with Crippen LogP contribution in [0.3, 0.4) is 0 Å². The Hall–Kier alpha value is -3.20. The molecular weight excluding hydrogens is 409 g/mol. The van der Waals surface area contributed by atoms with Crippen molar-refractivity contribution in [2.45, 2.75) is 37.9 Å². The number of hydrogen-bond acceptors (Lipinski definition) is 5. The van der Waals surface area contributed by atoms with Gasteiger partial charge in [-0.3, -0.25) is 4.79 Å². The lowest BCUT2D eigenvalue weighted by Crippen LogP contribution is -2.48. The van der Waals surface area contributed by atoms with Gasteiger partial charge in [0.15, 0.2) is 0 Å². The first-order valence-corrected chi connectivity index (χ1v) is 10.1. The zero-order valence-corrected chi connectivity index (χ0v) is 16.4. The molecule has 3 heterocycles. The number of aromatic nitrogens is 2. The van der Waals surface area contributed by atoms with Crippen LogP contribution in [0.25, 0.3) is 11.5 Å². The molecule has 2 aromatic carbocycles. The van der Waals surface area contributed by atoms with E-state index in [1.54, 1.807) is 30.3 Å². The molecule has 2 atom stereocenters. The maximum absolute atomic E-state index is 13.4. The number of alkyl halides is 2. The van der Waals surface area contributed by atoms with Crippen molar-refractivity contribution in [2.75, 3.05) is 6.54 Å². The monoisotopic (exact) mass is 428 g/mol. The number of hydrogen-bond donors (Lipinski definition) is 1. The first kappa shape index (κ1) is 19.7. The lowest BCUT2D eigenvalue weighted by Gasteiger charge is -2.39. The smallest absolute Gasteiger partial charge is 0.314 e. The molecule has 3 aromatic rings. The highest BCUT2D eigenvalue weighted by atomic mass is 19.3. The molecule has 160 valence electrons. The van der Waals surface area contributed by atoms with Gasteiger partial charge in [0.1, 0.15) is 5.82 Å². The molecular formula is C22H19F3N4O2. The van der Waals surface area contributed by atoms with Crippen LogP contribution >= 0.6 is 0 Å². The molecule has 0 spiro atoms. The van der Waals surface area contributed by atoms with Gasteiger partial charge in [-0.05, 0) is 54.8 Å². The maximum Gasteiger partial charge on any atom is 0.314 e. The molecule has 6 nitrogen and oxygen atoms in total. The van der Waals surface area contributed by atoms with Gasteiger partial charge in [-0.25, -0.2) is 4.39 Å². The molecule has 1 fully saturated rings. The lowest BCUT2D eigenvalue weighted by molar-refractivity contribution is 0.0612. The van der Waals surface area contributed by atoms with Gasteiger partial charge in [0.05, 0.1) is 12.1 Å². The van der Waals surface area contributed by atoms with Crippen LogP contribution in [0.2, 0.25) is 0 Å². The summed E-state index contributed by atoms with van der Waals surface area (Å²) in [5.41, 5.74) is 2.70. The van der Waals surface area contributed by atoms with Crippen LogP contribution in [0.4, 0.5) is 13.2 Å². The largest absolute Gasteiger partial charge is 0.415 e. The van der Waals surface area contributed by atoms with E-state index in [1.807, 2.05) is 4.90 Å². The summed E-state index contributed by atoms with van der Waals surface area (Å²) in [6.45, 7) is 1.27. The van der Waals surface area contributed by atoms with E-state index in [0.717, 1.165) is 30.5 Å². The van der Waals surface area contributed by atoms with Gasteiger partial charge < -0.3 is 14.6 Å². The van der Waals surface area contributed by atoms with Crippen LogP contribution in [0.15, 0.2) is 46.9 Å². The Labute approximate surface area is 176 Å². The van der Waals surface area contributed by atoms with Crippen molar-refractivity contribution in [3.8, 4) is 11.5 Å². The van der Waals surface area contributed by atoms with Gasteiger partial charge in [-0.15, -0.1) is 10.2 Å². The summed E-state index contributed by atoms with van der Waals surface area (Å²) in [4.78, 5) is 15.1. The van der Waals surface area contributed by atoms with Gasteiger partial charge in [0, 0.05) is 17.7 Å². The zero-order chi connectivity index (χ0) is 21.5. The van der Waals surface area contributed by atoms with Crippen LogP contribution in [-0.4, -0.2) is 33.6 Å². The number of nitrogens with zero attached hydrogens (tertiary/aromatic N) is 3. The highest BCUT2D eigenvalue weighted by Crippen LogP contribution is 2.35. The second-order valence-electron chi connectivity index (χ2n) is 7.74. The van der Waals surface area contributed by atoms with Crippen molar-refractivity contribution in [1.29, 1.82) is 0 Å². The second kappa shape index (κ2) is 7.81. The number of carbonyl (C=O) groups is 1. The third-order valence-corrected chi connectivity index (χ3v) is 5.87. The summed E-state index contributed by atoms with van der Waals surface area (Å²) in [6, 6.07) is 11.2. The normalized spacial score (nSPS) is 21.0. The molecule has 1 N–H and O–H groups in total. The van der Waals surface area contributed by atoms with E-state index in [-0.39, 0.29) is 29.7 Å². The van der Waals surface area contributed by atoms with Crippen LogP contribution in [0.1, 0.15) is 52.7 Å². The first-order chi connectivity index (χ1) is 15.0. The van der Waals surface area contributed by atoms with Gasteiger partial charge in [0.2, 0.25) is 5.89 Å². The Morgan fingerprint density at radius 2 is 1.94 bits per heavy atom. The number of rotatable bonds is 4. The third kappa shape index (κ3) is 3.59. The summed E-state index contributed by atoms with van der Waals surface area (Å²) in [7, 11) is 0. The van der Waals surface area contributed by atoms with E-state index in [4.69, 9.17) is 4.42 Å². The standard InChI is InChI=1S/C22H19F3N4O2/c23-15-7-5-12(6-8-15)18-17(2-1-9-26-18)29-11-14-4-3-13(10-16(14)22(29)30)20-27-28-21(31-20)19(24)25/h3-8,10,17-19,26H,1-2,9,11H2/t17-,18+/m0/s1. The molecule has 5 rings (SSSR count). The summed E-state index contributed by atoms with van der Waals surface area (Å²) >= 11 is 0. The predicted molar refractivity (Wildman–Crippen MR) is 105 cm³/mol. The molecule has 0 saturated carbocycles. The van der Waals surface area contributed by atoms with Crippen molar-refractivity contribution in [3.05, 3.63) is 70.9 Å². The van der Waals surface area contributed by atoms with Crippen molar-refractivity contribution in [1.82, 2.24) is 20.4 Å². The first-order valence-electron chi connectivity index (χ1n) is 10.1. The molecule has 1 aromatic heterocycles. The molecule has 0 radical (unpaired) electrons. The fourth-order valence-electron chi connectivity index (χ4n) is 4.38. The highest BCUT2D eigenvalue weighted by Gasteiger charge is 2.38. The molecule has 0 aliphatic carbocycles. The van der Waals surface area contributed by atoms with Crippen LogP contribution in [0, 0.1) is 5.82 Å². The number of halogens is 3. The Bertz CT molecular complexity index is 1120. The van der Waals surface area contributed by atoms with Crippen LogP contribution in [0.5, 0.6) is 0 Å². The number of amides is 1. The highest BCUT2D eigenvalue weighted by molar-refractivity contribution is 5.99. The summed E-state index contributed by atoms with van der Waals surface area (Å²) in [5, 5.41) is 10.5. The molecule has 0 bridgehead atoms. The van der Waals surface area contributed by atoms with Crippen LogP contribution in [-0.2, 0) is 6.54 Å². The van der Waals surface area contributed by atoms with E-state index in [0.29, 0.717) is 17.7 Å². The Balaban J connectivity index is 1.42. The summed E-state index contributed by atoms with van der Waals surface area (Å²) in [6.07, 6.45) is -1.11. The molecule has 31 heavy (non-hydrogen) atoms. The Kier molecular flexibility index (Phi) is 4.97. The second-order valence-corrected chi connectivity index (χ2v) is 7.74. The molecule has 2 aliphatic rings. The SMILES string of the molecule is O=C1c2cc(-c3nnc(C(F)F)o3)ccc2CN1[C@H]1CCCN[C@@H]1c1ccc(F)cc1. The fourth-order valence-corrected chi connectivity index (χ4v) is 4.38. The molecule has 1 saturated heterocycles. The van der Waals surface area contributed by atoms with Gasteiger partial charge in [-0.1, -0.05) is 18.2 Å². The van der Waals surface area contributed by atoms with Gasteiger partial charge in [-0.2, -0.15) is 8.78 Å². The molecule has 2 aliphatic heterocycles. The molecule has 1 amide bonds. The average molecular weight is 428 g/mol. The number of piperidine rings is 1. The van der Waals surface area contributed by atoms with Crippen LogP contribution < -0.4 is 5.32 Å². The van der Waals surface area contributed by atoms with E-state index < -0.39 is 12.3 Å². The lowest BCUT2D eigenvalue weighted by atomic mass is 9.91. The van der Waals surface area contributed by atoms with E-state index in [9.17, 15) is 18.0 Å². The zero-order valence-electron chi connectivity index (χ0n) is 16.4. The summed E-state index contributed by atoms with van der Waals surface area (Å²) in [5.74, 6) is -1.23. The number of nitrogens with one attached hydrogen (secondary N) is 1. The summed E-state index contributed by atoms with van der Waals surface area (Å²) < 4.78 is 43.9. The molecule has 0 unspecified atom stereocenters. The number of carbonyl (C=O) groups excluding carboxylic acids is 1. The van der Waals surface area contributed by atoms with Crippen molar-refractivity contribution in [3.63, 3.8) is 0 Å². The van der Waals surface area contributed by atoms with Gasteiger partial charge >= 0.3 is 6.43 Å². The van der Waals surface area contributed by atoms with Crippen molar-refractivity contribution >= 4 is 5.91 Å². The minimum absolute atomic E-state index is 0.0483. The van der Waals surface area contributed by atoms with Gasteiger partial charge in [0.25, 0.3) is 11.8 Å². The maximum atomic E-state index is 13.4. The minimum atomic E-state index is -2.85. The van der Waals surface area contributed by atoms with E-state index >= 15 is 0 Å². The van der Waals surface area contributed by atoms with Crippen molar-refractivity contribution in [2.24, 2.45) is 0 Å². The van der Waals surface area contributed by atoms with E-state index in [1.165, 1.54) is 12.1 Å². The third-order valence-electron chi connectivity index (χ3n) is 5.87. The Morgan fingerprint density at radius 3 is 2.68 bits per heavy atom. The number of benzene rings is 2. The average Bonchev–Trinajstić information content (AvgIpc) is 3.40. The Morgan fingerprint density at radius 1 is 1.13 bits per heavy atom. The number of fused-ring (bicyclic) bond motifs is 1. The molecule has 9 heteroatoms. The van der Waals surface area contributed by atoms with E-state index in [2.05, 4.69) is 15.5 Å². The fraction of sp³-hybridized carbons (Fsp3) is 0.318. The predicted octanol–water partition coefficient (Wildman–Crippen LogP) is 4.26. The quantitative estimate of drug-likeness (QED) is 0.672.